The number of hydrogen-bond donors (Lipinski definition) is 2. The van der Waals surface area contributed by atoms with Crippen LogP contribution in [-0.4, -0.2) is 40.0 Å². The van der Waals surface area contributed by atoms with Crippen LogP contribution < -0.4 is 5.32 Å². The first-order valence-corrected chi connectivity index (χ1v) is 5.67. The smallest absolute Gasteiger partial charge is 0.323 e. The molecule has 0 saturated heterocycles. The van der Waals surface area contributed by atoms with Crippen LogP contribution in [0.2, 0.25) is 0 Å². The van der Waals surface area contributed by atoms with E-state index in [1.54, 1.807) is 0 Å². The summed E-state index contributed by atoms with van der Waals surface area (Å²) in [6.45, 7) is 2.68. The van der Waals surface area contributed by atoms with Crippen LogP contribution in [0.1, 0.15) is 0 Å². The number of amides is 2. The first-order chi connectivity index (χ1) is 9.85. The van der Waals surface area contributed by atoms with Crippen molar-refractivity contribution in [2.75, 3.05) is 18.4 Å². The molecular weight excluding hydrogens is 285 g/mol. The number of nitrogens with zero attached hydrogens (tertiary/aromatic N) is 2. The summed E-state index contributed by atoms with van der Waals surface area (Å²) in [5.74, 6) is -2.13. The Bertz CT molecular complexity index is 590. The number of carbonyl (C=O) groups is 2. The van der Waals surface area contributed by atoms with Gasteiger partial charge in [-0.05, 0) is 6.07 Å². The van der Waals surface area contributed by atoms with Crippen molar-refractivity contribution in [3.8, 4) is 0 Å². The summed E-state index contributed by atoms with van der Waals surface area (Å²) >= 11 is 0. The van der Waals surface area contributed by atoms with E-state index >= 15 is 0 Å². The zero-order valence-corrected chi connectivity index (χ0v) is 10.8. The number of rotatable bonds is 6. The standard InChI is InChI=1S/C12H12FN3O5/c1-2-5-15(7-11(17)18)12(19)14-10-6-8(16(20)21)3-4-9(10)13/h2-4,6H,1,5,7H2,(H,14,19)(H,17,18). The summed E-state index contributed by atoms with van der Waals surface area (Å²) in [7, 11) is 0. The molecule has 0 atom stereocenters. The van der Waals surface area contributed by atoms with Crippen LogP contribution in [0.25, 0.3) is 0 Å². The van der Waals surface area contributed by atoms with E-state index in [2.05, 4.69) is 11.9 Å². The average Bonchev–Trinajstić information content (AvgIpc) is 2.40. The van der Waals surface area contributed by atoms with E-state index in [-0.39, 0.29) is 6.54 Å². The third kappa shape index (κ3) is 4.56. The molecule has 9 heteroatoms. The molecule has 0 aliphatic heterocycles. The first-order valence-electron chi connectivity index (χ1n) is 5.67. The molecule has 1 aromatic carbocycles. The Balaban J connectivity index is 2.94. The molecule has 112 valence electrons. The molecule has 0 heterocycles. The Hall–Kier alpha value is -2.97. The average molecular weight is 297 g/mol. The molecule has 21 heavy (non-hydrogen) atoms. The monoisotopic (exact) mass is 297 g/mol. The highest BCUT2D eigenvalue weighted by Gasteiger charge is 2.18. The number of non-ortho nitro benzene ring substituents is 1. The molecule has 1 rings (SSSR count). The summed E-state index contributed by atoms with van der Waals surface area (Å²) in [5.41, 5.74) is -0.811. The fraction of sp³-hybridized carbons (Fsp3) is 0.167. The van der Waals surface area contributed by atoms with Gasteiger partial charge in [-0.3, -0.25) is 14.9 Å². The second-order valence-electron chi connectivity index (χ2n) is 3.91. The topological polar surface area (TPSA) is 113 Å². The van der Waals surface area contributed by atoms with Gasteiger partial charge < -0.3 is 15.3 Å². The lowest BCUT2D eigenvalue weighted by atomic mass is 10.2. The molecule has 2 N–H and O–H groups in total. The number of urea groups is 1. The summed E-state index contributed by atoms with van der Waals surface area (Å²) in [5, 5.41) is 21.4. The van der Waals surface area contributed by atoms with Gasteiger partial charge in [-0.15, -0.1) is 6.58 Å². The summed E-state index contributed by atoms with van der Waals surface area (Å²) in [4.78, 5) is 33.2. The Kier molecular flexibility index (Phi) is 5.35. The third-order valence-corrected chi connectivity index (χ3v) is 2.37. The van der Waals surface area contributed by atoms with E-state index < -0.39 is 40.7 Å². The van der Waals surface area contributed by atoms with Gasteiger partial charge >= 0.3 is 12.0 Å². The number of aliphatic carboxylic acids is 1. The van der Waals surface area contributed by atoms with Gasteiger partial charge in [0.2, 0.25) is 0 Å². The summed E-state index contributed by atoms with van der Waals surface area (Å²) in [6, 6.07) is 1.73. The molecule has 2 amide bonds. The number of nitrogens with one attached hydrogen (secondary N) is 1. The maximum absolute atomic E-state index is 13.5. The molecular formula is C12H12FN3O5. The number of anilines is 1. The molecule has 0 saturated carbocycles. The maximum Gasteiger partial charge on any atom is 0.323 e. The van der Waals surface area contributed by atoms with Crippen molar-refractivity contribution in [1.29, 1.82) is 0 Å². The minimum atomic E-state index is -1.26. The number of hydrogen-bond acceptors (Lipinski definition) is 4. The third-order valence-electron chi connectivity index (χ3n) is 2.37. The molecule has 8 nitrogen and oxygen atoms in total. The van der Waals surface area contributed by atoms with Crippen molar-refractivity contribution in [1.82, 2.24) is 4.90 Å². The van der Waals surface area contributed by atoms with Crippen LogP contribution in [0.3, 0.4) is 0 Å². The number of halogens is 1. The molecule has 0 aliphatic carbocycles. The SMILES string of the molecule is C=CCN(CC(=O)O)C(=O)Nc1cc([N+](=O)[O-])ccc1F. The van der Waals surface area contributed by atoms with Gasteiger partial charge in [-0.1, -0.05) is 6.08 Å². The van der Waals surface area contributed by atoms with E-state index in [1.807, 2.05) is 0 Å². The van der Waals surface area contributed by atoms with Crippen LogP contribution in [0.4, 0.5) is 20.6 Å². The number of carbonyl (C=O) groups excluding carboxylic acids is 1. The highest BCUT2D eigenvalue weighted by molar-refractivity contribution is 5.91. The van der Waals surface area contributed by atoms with Gasteiger partial charge in [0.25, 0.3) is 5.69 Å². The predicted octanol–water partition coefficient (Wildman–Crippen LogP) is 1.84. The first kappa shape index (κ1) is 16.1. The number of benzene rings is 1. The van der Waals surface area contributed by atoms with Crippen LogP contribution in [0.15, 0.2) is 30.9 Å². The molecule has 0 aliphatic rings. The largest absolute Gasteiger partial charge is 0.480 e. The van der Waals surface area contributed by atoms with Crippen LogP contribution in [0, 0.1) is 15.9 Å². The van der Waals surface area contributed by atoms with E-state index in [1.165, 1.54) is 6.08 Å². The fourth-order valence-corrected chi connectivity index (χ4v) is 1.46. The van der Waals surface area contributed by atoms with Gasteiger partial charge in [0.1, 0.15) is 12.4 Å². The molecule has 0 aromatic heterocycles. The van der Waals surface area contributed by atoms with Gasteiger partial charge in [-0.25, -0.2) is 9.18 Å². The Morgan fingerprint density at radius 1 is 1.52 bits per heavy atom. The number of nitro groups is 1. The summed E-state index contributed by atoms with van der Waals surface area (Å²) < 4.78 is 13.5. The Morgan fingerprint density at radius 2 is 2.19 bits per heavy atom. The quantitative estimate of drug-likeness (QED) is 0.472. The molecule has 0 spiro atoms. The number of carboxylic acids is 1. The Morgan fingerprint density at radius 3 is 2.71 bits per heavy atom. The van der Waals surface area contributed by atoms with Crippen LogP contribution in [-0.2, 0) is 4.79 Å². The summed E-state index contributed by atoms with van der Waals surface area (Å²) in [6.07, 6.45) is 1.30. The van der Waals surface area contributed by atoms with Gasteiger partial charge in [-0.2, -0.15) is 0 Å². The molecule has 1 aromatic rings. The highest BCUT2D eigenvalue weighted by atomic mass is 19.1. The van der Waals surface area contributed by atoms with Crippen molar-refractivity contribution in [3.05, 3.63) is 46.8 Å². The zero-order valence-electron chi connectivity index (χ0n) is 10.8. The van der Waals surface area contributed by atoms with Crippen molar-refractivity contribution in [2.45, 2.75) is 0 Å². The Labute approximate surface area is 118 Å². The molecule has 0 fully saturated rings. The second-order valence-corrected chi connectivity index (χ2v) is 3.91. The van der Waals surface area contributed by atoms with E-state index in [9.17, 15) is 24.1 Å². The van der Waals surface area contributed by atoms with Crippen molar-refractivity contribution in [2.24, 2.45) is 0 Å². The van der Waals surface area contributed by atoms with E-state index in [0.29, 0.717) is 0 Å². The zero-order chi connectivity index (χ0) is 16.0. The van der Waals surface area contributed by atoms with Crippen LogP contribution in [0.5, 0.6) is 0 Å². The van der Waals surface area contributed by atoms with E-state index in [0.717, 1.165) is 23.1 Å². The number of carboxylic acid groups (broad SMARTS) is 1. The fourth-order valence-electron chi connectivity index (χ4n) is 1.46. The van der Waals surface area contributed by atoms with Gasteiger partial charge in [0.15, 0.2) is 0 Å². The minimum absolute atomic E-state index is 0.0747. The predicted molar refractivity (Wildman–Crippen MR) is 71.5 cm³/mol. The lowest BCUT2D eigenvalue weighted by molar-refractivity contribution is -0.384. The van der Waals surface area contributed by atoms with Crippen LogP contribution >= 0.6 is 0 Å². The lowest BCUT2D eigenvalue weighted by Gasteiger charge is -2.19. The number of nitro benzene ring substituents is 1. The highest BCUT2D eigenvalue weighted by Crippen LogP contribution is 2.21. The minimum Gasteiger partial charge on any atom is -0.480 e. The van der Waals surface area contributed by atoms with Crippen molar-refractivity contribution < 1.29 is 24.0 Å². The maximum atomic E-state index is 13.5. The van der Waals surface area contributed by atoms with E-state index in [4.69, 9.17) is 5.11 Å². The van der Waals surface area contributed by atoms with Crippen molar-refractivity contribution >= 4 is 23.4 Å². The second kappa shape index (κ2) is 6.98. The van der Waals surface area contributed by atoms with Gasteiger partial charge in [0.05, 0.1) is 10.6 Å². The van der Waals surface area contributed by atoms with Crippen molar-refractivity contribution in [3.63, 3.8) is 0 Å². The lowest BCUT2D eigenvalue weighted by Crippen LogP contribution is -2.39. The van der Waals surface area contributed by atoms with Gasteiger partial charge in [0, 0.05) is 18.7 Å². The molecule has 0 unspecified atom stereocenters. The molecule has 0 bridgehead atoms. The molecule has 0 radical (unpaired) electrons. The normalized spacial score (nSPS) is 9.76.